The molecule has 140 valence electrons. The Morgan fingerprint density at radius 1 is 0.875 bits per heavy atom. The number of esters is 1. The molecule has 0 amide bonds. The number of hydrogen-bond donors (Lipinski definition) is 0. The zero-order valence-corrected chi connectivity index (χ0v) is 11.4. The summed E-state index contributed by atoms with van der Waals surface area (Å²) in [6.45, 7) is -1.34. The first-order valence-corrected chi connectivity index (χ1v) is 6.20. The summed E-state index contributed by atoms with van der Waals surface area (Å²) in [6.07, 6.45) is -21.0. The molecule has 0 aromatic carbocycles. The van der Waals surface area contributed by atoms with Gasteiger partial charge in [0.2, 0.25) is 5.60 Å². The lowest BCUT2D eigenvalue weighted by Crippen LogP contribution is -2.66. The van der Waals surface area contributed by atoms with Crippen LogP contribution in [0.15, 0.2) is 0 Å². The lowest BCUT2D eigenvalue weighted by Gasteiger charge is -2.37. The predicted molar refractivity (Wildman–Crippen MR) is 55.3 cm³/mol. The number of rotatable bonds is 4. The Balaban J connectivity index is 3.39. The molecule has 0 heterocycles. The zero-order valence-electron chi connectivity index (χ0n) is 11.4. The van der Waals surface area contributed by atoms with E-state index in [9.17, 15) is 49.1 Å². The van der Waals surface area contributed by atoms with Crippen molar-refractivity contribution >= 4 is 12.4 Å². The highest BCUT2D eigenvalue weighted by molar-refractivity contribution is 5.83. The minimum atomic E-state index is -6.59. The molecule has 4 nitrogen and oxygen atoms in total. The predicted octanol–water partition coefficient (Wildman–Crippen LogP) is 3.44. The molecule has 0 aliphatic heterocycles. The van der Waals surface area contributed by atoms with Crippen molar-refractivity contribution in [3.8, 4) is 0 Å². The molecular weight excluding hydrogens is 367 g/mol. The molecule has 0 N–H and O–H groups in total. The van der Waals surface area contributed by atoms with Crippen molar-refractivity contribution in [1.82, 2.24) is 0 Å². The first-order valence-electron chi connectivity index (χ1n) is 6.20. The normalized spacial score (nSPS) is 19.0. The molecule has 24 heavy (non-hydrogen) atoms. The highest BCUT2D eigenvalue weighted by Crippen LogP contribution is 2.51. The standard InChI is InChI=1S/C11H9F9O4/c12-9(13,14)7(3-1-2-4-7)24-6(22)8(23-5-21,10(15,16)17)11(18,19)20/h5H,1-4H2. The minimum absolute atomic E-state index is 0.230. The smallest absolute Gasteiger partial charge is 0.446 e. The monoisotopic (exact) mass is 376 g/mol. The molecule has 0 radical (unpaired) electrons. The zero-order chi connectivity index (χ0) is 19.0. The Labute approximate surface area is 127 Å². The van der Waals surface area contributed by atoms with Gasteiger partial charge in [0.25, 0.3) is 6.47 Å². The Morgan fingerprint density at radius 3 is 1.58 bits per heavy atom. The van der Waals surface area contributed by atoms with Gasteiger partial charge in [0.15, 0.2) is 0 Å². The molecule has 1 fully saturated rings. The maximum Gasteiger partial charge on any atom is 0.449 e. The minimum Gasteiger partial charge on any atom is -0.446 e. The Morgan fingerprint density at radius 2 is 1.29 bits per heavy atom. The molecule has 0 aromatic rings. The third-order valence-corrected chi connectivity index (χ3v) is 3.53. The van der Waals surface area contributed by atoms with E-state index >= 15 is 0 Å². The van der Waals surface area contributed by atoms with Crippen molar-refractivity contribution < 1.29 is 58.6 Å². The second-order valence-corrected chi connectivity index (χ2v) is 4.98. The molecule has 0 spiro atoms. The van der Waals surface area contributed by atoms with Gasteiger partial charge in [0, 0.05) is 0 Å². The first-order chi connectivity index (χ1) is 10.6. The Kier molecular flexibility index (Phi) is 5.08. The van der Waals surface area contributed by atoms with E-state index in [0.29, 0.717) is 0 Å². The van der Waals surface area contributed by atoms with Crippen LogP contribution in [-0.2, 0) is 19.1 Å². The number of hydrogen-bond acceptors (Lipinski definition) is 4. The summed E-state index contributed by atoms with van der Waals surface area (Å²) in [5.74, 6) is -3.39. The van der Waals surface area contributed by atoms with Crippen molar-refractivity contribution in [2.45, 2.75) is 55.4 Å². The van der Waals surface area contributed by atoms with Crippen molar-refractivity contribution in [2.75, 3.05) is 0 Å². The fraction of sp³-hybridized carbons (Fsp3) is 0.818. The second kappa shape index (κ2) is 5.99. The molecule has 0 bridgehead atoms. The number of alkyl halides is 9. The number of ether oxygens (including phenoxy) is 2. The van der Waals surface area contributed by atoms with Gasteiger partial charge < -0.3 is 9.47 Å². The maximum absolute atomic E-state index is 13.0. The summed E-state index contributed by atoms with van der Waals surface area (Å²) in [6, 6.07) is 0. The van der Waals surface area contributed by atoms with Crippen LogP contribution in [0.3, 0.4) is 0 Å². The number of carbonyl (C=O) groups excluding carboxylic acids is 2. The topological polar surface area (TPSA) is 52.6 Å². The summed E-state index contributed by atoms with van der Waals surface area (Å²) in [7, 11) is 0. The highest BCUT2D eigenvalue weighted by atomic mass is 19.4. The Hall–Kier alpha value is -1.69. The fourth-order valence-corrected chi connectivity index (χ4v) is 2.28. The van der Waals surface area contributed by atoms with Gasteiger partial charge in [-0.25, -0.2) is 4.79 Å². The average Bonchev–Trinajstić information content (AvgIpc) is 2.81. The van der Waals surface area contributed by atoms with E-state index in [1.807, 2.05) is 0 Å². The molecule has 13 heteroatoms. The summed E-state index contributed by atoms with van der Waals surface area (Å²) >= 11 is 0. The molecule has 1 aliphatic rings. The van der Waals surface area contributed by atoms with Crippen LogP contribution in [-0.4, -0.2) is 42.2 Å². The van der Waals surface area contributed by atoms with Gasteiger partial charge in [0.05, 0.1) is 0 Å². The third kappa shape index (κ3) is 3.11. The Bertz CT molecular complexity index is 471. The van der Waals surface area contributed by atoms with Crippen LogP contribution in [0, 0.1) is 0 Å². The van der Waals surface area contributed by atoms with Gasteiger partial charge in [-0.1, -0.05) is 0 Å². The van der Waals surface area contributed by atoms with Gasteiger partial charge in [-0.2, -0.15) is 39.5 Å². The van der Waals surface area contributed by atoms with Crippen molar-refractivity contribution in [2.24, 2.45) is 0 Å². The molecule has 1 aliphatic carbocycles. The molecule has 0 atom stereocenters. The molecule has 1 saturated carbocycles. The van der Waals surface area contributed by atoms with Crippen molar-refractivity contribution in [1.29, 1.82) is 0 Å². The van der Waals surface area contributed by atoms with E-state index in [2.05, 4.69) is 9.47 Å². The molecular formula is C11H9F9O4. The summed E-state index contributed by atoms with van der Waals surface area (Å²) in [4.78, 5) is 21.6. The van der Waals surface area contributed by atoms with Crippen LogP contribution in [0.5, 0.6) is 0 Å². The van der Waals surface area contributed by atoms with Crippen LogP contribution in [0.25, 0.3) is 0 Å². The number of carbonyl (C=O) groups is 2. The van der Waals surface area contributed by atoms with Crippen LogP contribution in [0.1, 0.15) is 25.7 Å². The third-order valence-electron chi connectivity index (χ3n) is 3.53. The quantitative estimate of drug-likeness (QED) is 0.429. The van der Waals surface area contributed by atoms with E-state index in [0.717, 1.165) is 0 Å². The highest BCUT2D eigenvalue weighted by Gasteiger charge is 2.81. The van der Waals surface area contributed by atoms with Crippen molar-refractivity contribution in [3.05, 3.63) is 0 Å². The summed E-state index contributed by atoms with van der Waals surface area (Å²) < 4.78 is 122. The van der Waals surface area contributed by atoms with Crippen LogP contribution < -0.4 is 0 Å². The first kappa shape index (κ1) is 20.4. The van der Waals surface area contributed by atoms with E-state index in [1.165, 1.54) is 0 Å². The summed E-state index contributed by atoms with van der Waals surface area (Å²) in [5, 5.41) is 0. The van der Waals surface area contributed by atoms with Gasteiger partial charge >= 0.3 is 30.1 Å². The lowest BCUT2D eigenvalue weighted by atomic mass is 9.98. The SMILES string of the molecule is O=COC(C(=O)OC1(C(F)(F)F)CCCC1)(C(F)(F)F)C(F)(F)F. The van der Waals surface area contributed by atoms with Crippen molar-refractivity contribution in [3.63, 3.8) is 0 Å². The van der Waals surface area contributed by atoms with E-state index < -0.39 is 55.0 Å². The fourth-order valence-electron chi connectivity index (χ4n) is 2.28. The average molecular weight is 376 g/mol. The maximum atomic E-state index is 13.0. The van der Waals surface area contributed by atoms with E-state index in [4.69, 9.17) is 0 Å². The van der Waals surface area contributed by atoms with E-state index in [-0.39, 0.29) is 12.8 Å². The van der Waals surface area contributed by atoms with Gasteiger partial charge in [-0.05, 0) is 25.7 Å². The van der Waals surface area contributed by atoms with E-state index in [1.54, 1.807) is 0 Å². The lowest BCUT2D eigenvalue weighted by molar-refractivity contribution is -0.364. The molecule has 1 rings (SSSR count). The second-order valence-electron chi connectivity index (χ2n) is 4.98. The molecule has 0 saturated heterocycles. The van der Waals surface area contributed by atoms with Gasteiger partial charge in [-0.3, -0.25) is 4.79 Å². The summed E-state index contributed by atoms with van der Waals surface area (Å²) in [5.41, 5.74) is -9.35. The van der Waals surface area contributed by atoms with Gasteiger partial charge in [0.1, 0.15) is 0 Å². The van der Waals surface area contributed by atoms with Crippen LogP contribution >= 0.6 is 0 Å². The number of halogens is 9. The van der Waals surface area contributed by atoms with Gasteiger partial charge in [-0.15, -0.1) is 0 Å². The largest absolute Gasteiger partial charge is 0.449 e. The molecule has 0 aromatic heterocycles. The molecule has 0 unspecified atom stereocenters. The van der Waals surface area contributed by atoms with Crippen LogP contribution in [0.4, 0.5) is 39.5 Å². The van der Waals surface area contributed by atoms with Crippen LogP contribution in [0.2, 0.25) is 0 Å².